The van der Waals surface area contributed by atoms with E-state index in [-0.39, 0.29) is 12.4 Å². The van der Waals surface area contributed by atoms with Crippen molar-refractivity contribution in [3.8, 4) is 5.75 Å². The summed E-state index contributed by atoms with van der Waals surface area (Å²) in [5.41, 5.74) is 6.86. The van der Waals surface area contributed by atoms with Crippen LogP contribution in [0.15, 0.2) is 54.1 Å². The Labute approximate surface area is 145 Å². The molecule has 0 heterocycles. The van der Waals surface area contributed by atoms with Crippen LogP contribution in [0.1, 0.15) is 23.1 Å². The molecule has 3 heteroatoms. The maximum Gasteiger partial charge on any atom is 0.122 e. The summed E-state index contributed by atoms with van der Waals surface area (Å²) >= 11 is 0. The van der Waals surface area contributed by atoms with Crippen LogP contribution in [-0.4, -0.2) is 32.6 Å². The van der Waals surface area contributed by atoms with Crippen LogP contribution in [0.5, 0.6) is 5.75 Å². The van der Waals surface area contributed by atoms with Gasteiger partial charge < -0.3 is 9.64 Å². The number of fused-ring (bicyclic) bond motifs is 1. The summed E-state index contributed by atoms with van der Waals surface area (Å²) in [5.74, 6) is 1.01. The van der Waals surface area contributed by atoms with Gasteiger partial charge in [-0.15, -0.1) is 12.4 Å². The largest absolute Gasteiger partial charge is 0.496 e. The van der Waals surface area contributed by atoms with Gasteiger partial charge in [-0.2, -0.15) is 0 Å². The molecule has 0 bridgehead atoms. The van der Waals surface area contributed by atoms with Crippen molar-refractivity contribution in [1.82, 2.24) is 4.90 Å². The van der Waals surface area contributed by atoms with Crippen LogP contribution in [0.3, 0.4) is 0 Å². The quantitative estimate of drug-likeness (QED) is 0.823. The predicted octanol–water partition coefficient (Wildman–Crippen LogP) is 4.43. The molecule has 2 nitrogen and oxygen atoms in total. The monoisotopic (exact) mass is 329 g/mol. The zero-order valence-corrected chi connectivity index (χ0v) is 14.8. The molecule has 0 N–H and O–H groups in total. The molecule has 0 fully saturated rings. The molecule has 1 aliphatic carbocycles. The average molecular weight is 330 g/mol. The summed E-state index contributed by atoms with van der Waals surface area (Å²) in [4.78, 5) is 2.25. The molecule has 0 saturated heterocycles. The van der Waals surface area contributed by atoms with Gasteiger partial charge in [-0.25, -0.2) is 0 Å². The van der Waals surface area contributed by atoms with Crippen LogP contribution in [0.4, 0.5) is 0 Å². The highest BCUT2D eigenvalue weighted by Crippen LogP contribution is 2.39. The van der Waals surface area contributed by atoms with Gasteiger partial charge in [0, 0.05) is 12.1 Å². The summed E-state index contributed by atoms with van der Waals surface area (Å²) < 4.78 is 5.58. The second-order valence-electron chi connectivity index (χ2n) is 6.07. The van der Waals surface area contributed by atoms with Gasteiger partial charge >= 0.3 is 0 Å². The van der Waals surface area contributed by atoms with Gasteiger partial charge in [0.2, 0.25) is 0 Å². The van der Waals surface area contributed by atoms with Gasteiger partial charge in [0.15, 0.2) is 0 Å². The fourth-order valence-electron chi connectivity index (χ4n) is 3.34. The first kappa shape index (κ1) is 17.6. The lowest BCUT2D eigenvalue weighted by atomic mass is 9.81. The lowest BCUT2D eigenvalue weighted by molar-refractivity contribution is 0.407. The highest BCUT2D eigenvalue weighted by atomic mass is 35.5. The van der Waals surface area contributed by atoms with E-state index in [2.05, 4.69) is 67.5 Å². The molecular weight excluding hydrogens is 306 g/mol. The van der Waals surface area contributed by atoms with Crippen LogP contribution in [0, 0.1) is 0 Å². The first-order valence-corrected chi connectivity index (χ1v) is 7.79. The molecule has 2 aromatic carbocycles. The highest BCUT2D eigenvalue weighted by Gasteiger charge is 2.22. The van der Waals surface area contributed by atoms with E-state index in [9.17, 15) is 0 Å². The van der Waals surface area contributed by atoms with Crippen LogP contribution < -0.4 is 4.74 Å². The zero-order chi connectivity index (χ0) is 15.5. The number of ether oxygens (including phenoxy) is 1. The third-order valence-electron chi connectivity index (χ3n) is 4.22. The number of methoxy groups -OCH3 is 1. The number of nitrogens with zero attached hydrogens (tertiary/aromatic N) is 1. The smallest absolute Gasteiger partial charge is 0.122 e. The molecule has 1 aliphatic rings. The molecule has 0 saturated carbocycles. The minimum atomic E-state index is 0. The Morgan fingerprint density at radius 2 is 1.70 bits per heavy atom. The summed E-state index contributed by atoms with van der Waals surface area (Å²) in [7, 11) is 6.03. The normalized spacial score (nSPS) is 13.6. The van der Waals surface area contributed by atoms with Gasteiger partial charge in [-0.1, -0.05) is 42.5 Å². The molecule has 0 atom stereocenters. The molecule has 0 unspecified atom stereocenters. The fourth-order valence-corrected chi connectivity index (χ4v) is 3.34. The third-order valence-corrected chi connectivity index (χ3v) is 4.22. The van der Waals surface area contributed by atoms with E-state index in [0.29, 0.717) is 0 Å². The Morgan fingerprint density at radius 1 is 0.957 bits per heavy atom. The predicted molar refractivity (Wildman–Crippen MR) is 99.6 cm³/mol. The highest BCUT2D eigenvalue weighted by molar-refractivity contribution is 5.86. The average Bonchev–Trinajstić information content (AvgIpc) is 2.54. The van der Waals surface area contributed by atoms with Gasteiger partial charge in [-0.3, -0.25) is 0 Å². The summed E-state index contributed by atoms with van der Waals surface area (Å²) in [6.45, 7) is 1.00. The zero-order valence-electron chi connectivity index (χ0n) is 14.0. The first-order valence-electron chi connectivity index (χ1n) is 7.79. The molecule has 0 aromatic heterocycles. The van der Waals surface area contributed by atoms with Crippen molar-refractivity contribution in [2.75, 3.05) is 27.7 Å². The summed E-state index contributed by atoms with van der Waals surface area (Å²) in [6.07, 6.45) is 2.15. The van der Waals surface area contributed by atoms with Gasteiger partial charge in [-0.05, 0) is 55.3 Å². The van der Waals surface area contributed by atoms with Crippen molar-refractivity contribution >= 4 is 18.0 Å². The number of halogens is 1. The lowest BCUT2D eigenvalue weighted by Crippen LogP contribution is -2.19. The number of hydrogen-bond acceptors (Lipinski definition) is 2. The van der Waals surface area contributed by atoms with Crippen LogP contribution >= 0.6 is 12.4 Å². The maximum atomic E-state index is 5.58. The van der Waals surface area contributed by atoms with Crippen LogP contribution in [0.2, 0.25) is 0 Å². The standard InChI is InChI=1S/C20H23NO.ClH/c1-21(2)14-16-12-13-17-18(10-7-11-19(17)22-3)20(16)15-8-5-4-6-9-15;/h4-11H,12-14H2,1-3H3;1H. The molecule has 2 aromatic rings. The Morgan fingerprint density at radius 3 is 2.35 bits per heavy atom. The van der Waals surface area contributed by atoms with E-state index in [4.69, 9.17) is 4.74 Å². The minimum Gasteiger partial charge on any atom is -0.496 e. The number of benzene rings is 2. The minimum absolute atomic E-state index is 0. The van der Waals surface area contributed by atoms with E-state index in [1.807, 2.05) is 0 Å². The van der Waals surface area contributed by atoms with Crippen molar-refractivity contribution in [3.63, 3.8) is 0 Å². The first-order chi connectivity index (χ1) is 10.7. The lowest BCUT2D eigenvalue weighted by Gasteiger charge is -2.27. The number of likely N-dealkylation sites (N-methyl/N-ethyl adjacent to an activating group) is 1. The van der Waals surface area contributed by atoms with Gasteiger partial charge in [0.05, 0.1) is 7.11 Å². The van der Waals surface area contributed by atoms with E-state index in [1.165, 1.54) is 27.8 Å². The topological polar surface area (TPSA) is 12.5 Å². The Bertz CT molecular complexity index is 692. The van der Waals surface area contributed by atoms with E-state index in [1.54, 1.807) is 7.11 Å². The third kappa shape index (κ3) is 3.60. The Kier molecular flexibility index (Phi) is 5.86. The second-order valence-corrected chi connectivity index (χ2v) is 6.07. The molecule has 0 amide bonds. The molecule has 23 heavy (non-hydrogen) atoms. The molecular formula is C20H24ClNO. The molecule has 0 spiro atoms. The number of rotatable bonds is 4. The Hall–Kier alpha value is -1.77. The van der Waals surface area contributed by atoms with E-state index < -0.39 is 0 Å². The van der Waals surface area contributed by atoms with Crippen molar-refractivity contribution in [2.24, 2.45) is 0 Å². The molecule has 122 valence electrons. The Balaban J connectivity index is 0.00000192. The van der Waals surface area contributed by atoms with Crippen molar-refractivity contribution in [1.29, 1.82) is 0 Å². The van der Waals surface area contributed by atoms with Crippen molar-refractivity contribution < 1.29 is 4.74 Å². The van der Waals surface area contributed by atoms with Crippen molar-refractivity contribution in [2.45, 2.75) is 12.8 Å². The van der Waals surface area contributed by atoms with Gasteiger partial charge in [0.1, 0.15) is 5.75 Å². The van der Waals surface area contributed by atoms with E-state index >= 15 is 0 Å². The van der Waals surface area contributed by atoms with Crippen LogP contribution in [0.25, 0.3) is 5.57 Å². The maximum absolute atomic E-state index is 5.58. The fraction of sp³-hybridized carbons (Fsp3) is 0.300. The molecule has 0 radical (unpaired) electrons. The summed E-state index contributed by atoms with van der Waals surface area (Å²) in [6, 6.07) is 17.1. The second kappa shape index (κ2) is 7.67. The van der Waals surface area contributed by atoms with Gasteiger partial charge in [0.25, 0.3) is 0 Å². The van der Waals surface area contributed by atoms with Crippen molar-refractivity contribution in [3.05, 3.63) is 70.8 Å². The molecule has 0 aliphatic heterocycles. The van der Waals surface area contributed by atoms with Crippen LogP contribution in [-0.2, 0) is 6.42 Å². The number of hydrogen-bond donors (Lipinski definition) is 0. The van der Waals surface area contributed by atoms with E-state index in [0.717, 1.165) is 25.1 Å². The molecule has 3 rings (SSSR count). The SMILES string of the molecule is COc1cccc2c1CCC(CN(C)C)=C2c1ccccc1.Cl. The summed E-state index contributed by atoms with van der Waals surface area (Å²) in [5, 5.41) is 0.